The summed E-state index contributed by atoms with van der Waals surface area (Å²) in [6, 6.07) is -0.985. The Balaban J connectivity index is 0.00000134. The molecular formula is C55H109NO11Si2. The smallest absolute Gasteiger partial charge is 0.408 e. The number of ether oxygens (including phenoxy) is 3. The van der Waals surface area contributed by atoms with Crippen LogP contribution in [0.5, 0.6) is 0 Å². The van der Waals surface area contributed by atoms with E-state index in [1.54, 1.807) is 20.8 Å². The highest BCUT2D eigenvalue weighted by Crippen LogP contribution is 2.46. The first-order chi connectivity index (χ1) is 31.6. The number of cyclic esters (lactones) is 1. The molecule has 0 aromatic heterocycles. The minimum absolute atomic E-state index is 0.0788. The molecule has 8 atom stereocenters. The van der Waals surface area contributed by atoms with E-state index in [4.69, 9.17) is 23.1 Å². The Morgan fingerprint density at radius 2 is 1.19 bits per heavy atom. The summed E-state index contributed by atoms with van der Waals surface area (Å²) in [7, 11) is -4.32. The lowest BCUT2D eigenvalue weighted by Gasteiger charge is -2.47. The SMILES string of the molecule is CCC[C@@H](CCCCC(NC(=O)OC(C)(C)C)C(=O)O)[C@@H](O[Si](C(C)C)(C(C)C)C(C)C)[C@H](C)O.CCC[C@H]1CCCC[C@H](CC(=O)OC(C)(C)C)C(=O)O[C@@H](C)[C@@H]1O[Si](C(C)C)(C(C)C)C(C)C. The second kappa shape index (κ2) is 30.9. The minimum Gasteiger partial charge on any atom is -0.480 e. The number of unbranched alkanes of at least 4 members (excludes halogenated alkanes) is 1. The van der Waals surface area contributed by atoms with Crippen molar-refractivity contribution in [2.24, 2.45) is 17.8 Å². The van der Waals surface area contributed by atoms with E-state index in [2.05, 4.69) is 102 Å². The highest BCUT2D eigenvalue weighted by molar-refractivity contribution is 6.78. The molecule has 408 valence electrons. The third-order valence-corrected chi connectivity index (χ3v) is 26.6. The molecule has 1 rings (SSSR count). The molecule has 69 heavy (non-hydrogen) atoms. The molecule has 3 N–H and O–H groups in total. The average Bonchev–Trinajstić information content (AvgIpc) is 3.17. The summed E-state index contributed by atoms with van der Waals surface area (Å²) in [5.41, 5.74) is 1.45. The van der Waals surface area contributed by atoms with Crippen LogP contribution in [0.2, 0.25) is 33.2 Å². The van der Waals surface area contributed by atoms with Crippen LogP contribution in [0.1, 0.15) is 236 Å². The molecule has 12 nitrogen and oxygen atoms in total. The number of hydrogen-bond donors (Lipinski definition) is 3. The van der Waals surface area contributed by atoms with Crippen molar-refractivity contribution in [2.45, 2.75) is 311 Å². The van der Waals surface area contributed by atoms with Crippen LogP contribution in [0.4, 0.5) is 4.79 Å². The number of carbonyl (C=O) groups excluding carboxylic acids is 3. The number of hydrogen-bond acceptors (Lipinski definition) is 10. The van der Waals surface area contributed by atoms with Crippen LogP contribution in [-0.4, -0.2) is 92.5 Å². The maximum Gasteiger partial charge on any atom is 0.408 e. The third kappa shape index (κ3) is 22.3. The largest absolute Gasteiger partial charge is 0.480 e. The highest BCUT2D eigenvalue weighted by Gasteiger charge is 2.50. The molecule has 0 aromatic carbocycles. The summed E-state index contributed by atoms with van der Waals surface area (Å²) in [6.45, 7) is 46.3. The summed E-state index contributed by atoms with van der Waals surface area (Å²) in [4.78, 5) is 49.4. The van der Waals surface area contributed by atoms with Gasteiger partial charge in [-0.25, -0.2) is 9.59 Å². The Hall–Kier alpha value is -2.01. The Kier molecular flexibility index (Phi) is 30.0. The fraction of sp³-hybridized carbons (Fsp3) is 0.927. The van der Waals surface area contributed by atoms with Gasteiger partial charge < -0.3 is 38.6 Å². The first-order valence-electron chi connectivity index (χ1n) is 27.3. The van der Waals surface area contributed by atoms with Crippen LogP contribution >= 0.6 is 0 Å². The summed E-state index contributed by atoms with van der Waals surface area (Å²) >= 11 is 0. The van der Waals surface area contributed by atoms with Gasteiger partial charge in [-0.05, 0) is 139 Å². The second-order valence-corrected chi connectivity index (χ2v) is 35.2. The lowest BCUT2D eigenvalue weighted by atomic mass is 9.86. The zero-order valence-electron chi connectivity index (χ0n) is 48.3. The van der Waals surface area contributed by atoms with E-state index in [1.807, 2.05) is 34.6 Å². The van der Waals surface area contributed by atoms with Gasteiger partial charge in [-0.1, -0.05) is 135 Å². The molecule has 0 bridgehead atoms. The third-order valence-electron chi connectivity index (χ3n) is 14.4. The molecule has 1 heterocycles. The number of nitrogens with one attached hydrogen (secondary N) is 1. The highest BCUT2D eigenvalue weighted by atomic mass is 28.4. The molecule has 0 spiro atoms. The maximum atomic E-state index is 13.2. The summed E-state index contributed by atoms with van der Waals surface area (Å²) in [5, 5.41) is 22.8. The van der Waals surface area contributed by atoms with Gasteiger partial charge in [-0.15, -0.1) is 0 Å². The Labute approximate surface area is 425 Å². The molecule has 1 saturated heterocycles. The molecule has 0 aromatic rings. The lowest BCUT2D eigenvalue weighted by Crippen LogP contribution is -2.54. The zero-order valence-corrected chi connectivity index (χ0v) is 50.3. The lowest BCUT2D eigenvalue weighted by molar-refractivity contribution is -0.168. The van der Waals surface area contributed by atoms with Gasteiger partial charge in [0.05, 0.1) is 30.7 Å². The van der Waals surface area contributed by atoms with Gasteiger partial charge in [-0.2, -0.15) is 0 Å². The van der Waals surface area contributed by atoms with E-state index in [1.165, 1.54) is 0 Å². The number of rotatable bonds is 25. The number of carbonyl (C=O) groups is 4. The van der Waals surface area contributed by atoms with E-state index in [0.717, 1.165) is 57.8 Å². The fourth-order valence-electron chi connectivity index (χ4n) is 11.6. The second-order valence-electron chi connectivity index (χ2n) is 24.4. The predicted molar refractivity (Wildman–Crippen MR) is 288 cm³/mol. The standard InChI is InChI=1S/C28H54O5Si.C27H55NO6Si/c1-12-15-23-16-13-14-17-24(18-25(29)32-28(9,10)11)27(30)31-22(8)26(23)33-34(19(2)3,20(4)5)21(6)7;1-12-15-22(24(21(8)29)34-35(18(2)3,19(4)5)20(6)7)16-13-14-17-23(25(30)31)28-26(32)33-27(9,10)11/h19-24,26H,12-18H2,1-11H3;18-24,29H,12-17H2,1-11H3,(H,28,32)(H,30,31)/t22-,23-,24+,26-;21-,22-,23?,24-/m00/s1. The monoisotopic (exact) mass is 1020 g/mol. The van der Waals surface area contributed by atoms with Gasteiger partial charge in [0, 0.05) is 0 Å². The normalized spacial score (nSPS) is 20.9. The first kappa shape index (κ1) is 67.0. The molecule has 0 radical (unpaired) electrons. The van der Waals surface area contributed by atoms with E-state index < -0.39 is 58.0 Å². The Morgan fingerprint density at radius 1 is 0.710 bits per heavy atom. The number of aliphatic hydroxyl groups is 1. The van der Waals surface area contributed by atoms with E-state index in [-0.39, 0.29) is 42.6 Å². The molecular weight excluding hydrogens is 907 g/mol. The Bertz CT molecular complexity index is 1440. The number of alkyl carbamates (subject to hydrolysis) is 1. The average molecular weight is 1020 g/mol. The minimum atomic E-state index is -2.16. The van der Waals surface area contributed by atoms with Crippen LogP contribution in [0.25, 0.3) is 0 Å². The van der Waals surface area contributed by atoms with Gasteiger partial charge in [0.2, 0.25) is 16.6 Å². The summed E-state index contributed by atoms with van der Waals surface area (Å²) < 4.78 is 31.1. The number of esters is 2. The van der Waals surface area contributed by atoms with Gasteiger partial charge >= 0.3 is 24.0 Å². The molecule has 1 unspecified atom stereocenters. The van der Waals surface area contributed by atoms with Crippen molar-refractivity contribution in [3.8, 4) is 0 Å². The van der Waals surface area contributed by atoms with E-state index >= 15 is 0 Å². The summed E-state index contributed by atoms with van der Waals surface area (Å²) in [5.74, 6) is -1.56. The van der Waals surface area contributed by atoms with Crippen LogP contribution in [0, 0.1) is 17.8 Å². The number of aliphatic hydroxyl groups excluding tert-OH is 1. The quantitative estimate of drug-likeness (QED) is 0.0345. The van der Waals surface area contributed by atoms with Gasteiger partial charge in [-0.3, -0.25) is 9.59 Å². The van der Waals surface area contributed by atoms with Gasteiger partial charge in [0.15, 0.2) is 0 Å². The van der Waals surface area contributed by atoms with Crippen LogP contribution in [0.15, 0.2) is 0 Å². The van der Waals surface area contributed by atoms with Crippen molar-refractivity contribution < 1.29 is 52.5 Å². The number of carboxylic acids is 1. The molecule has 0 aliphatic carbocycles. The van der Waals surface area contributed by atoms with Crippen molar-refractivity contribution in [3.63, 3.8) is 0 Å². The molecule has 1 aliphatic rings. The topological polar surface area (TPSA) is 167 Å². The zero-order chi connectivity index (χ0) is 53.8. The van der Waals surface area contributed by atoms with Crippen molar-refractivity contribution in [1.82, 2.24) is 5.32 Å². The molecule has 1 fully saturated rings. The van der Waals surface area contributed by atoms with Crippen molar-refractivity contribution >= 4 is 40.6 Å². The number of aliphatic carboxylic acids is 1. The molecule has 14 heteroatoms. The molecule has 1 aliphatic heterocycles. The van der Waals surface area contributed by atoms with Gasteiger partial charge in [0.25, 0.3) is 0 Å². The van der Waals surface area contributed by atoms with Crippen LogP contribution in [-0.2, 0) is 37.4 Å². The Morgan fingerprint density at radius 3 is 1.61 bits per heavy atom. The maximum absolute atomic E-state index is 13.2. The number of amides is 1. The van der Waals surface area contributed by atoms with E-state index in [9.17, 15) is 29.4 Å². The molecule has 0 saturated carbocycles. The molecule has 1 amide bonds. The predicted octanol–water partition coefficient (Wildman–Crippen LogP) is 14.7. The first-order valence-corrected chi connectivity index (χ1v) is 31.6. The van der Waals surface area contributed by atoms with Crippen molar-refractivity contribution in [1.29, 1.82) is 0 Å². The van der Waals surface area contributed by atoms with Crippen LogP contribution < -0.4 is 5.32 Å². The fourth-order valence-corrected chi connectivity index (χ4v) is 23.0. The van der Waals surface area contributed by atoms with Crippen molar-refractivity contribution in [3.05, 3.63) is 0 Å². The van der Waals surface area contributed by atoms with E-state index in [0.29, 0.717) is 58.4 Å². The van der Waals surface area contributed by atoms with Crippen molar-refractivity contribution in [2.75, 3.05) is 0 Å². The number of carboxylic acid groups (broad SMARTS) is 1. The van der Waals surface area contributed by atoms with Crippen LogP contribution in [0.3, 0.4) is 0 Å². The summed E-state index contributed by atoms with van der Waals surface area (Å²) in [6.07, 6.45) is 8.53. The van der Waals surface area contributed by atoms with Gasteiger partial charge in [0.1, 0.15) is 23.3 Å².